The number of benzene rings is 1. The maximum atomic E-state index is 12.5. The Morgan fingerprint density at radius 2 is 1.89 bits per heavy atom. The Bertz CT molecular complexity index is 760. The predicted molar refractivity (Wildman–Crippen MR) is 74.1 cm³/mol. The van der Waals surface area contributed by atoms with Gasteiger partial charge in [-0.2, -0.15) is 0 Å². The summed E-state index contributed by atoms with van der Waals surface area (Å²) in [5, 5.41) is 1.87. The maximum absolute atomic E-state index is 12.5. The number of rotatable bonds is 2. The van der Waals surface area contributed by atoms with E-state index in [0.29, 0.717) is 11.3 Å². The maximum Gasteiger partial charge on any atom is 0.211 e. The molecule has 2 aromatic heterocycles. The number of pyridine rings is 2. The molecule has 0 atom stereocenters. The van der Waals surface area contributed by atoms with Gasteiger partial charge in [-0.1, -0.05) is 24.3 Å². The number of fused-ring (bicyclic) bond motifs is 1. The summed E-state index contributed by atoms with van der Waals surface area (Å²) in [5.41, 5.74) is 1.98. The van der Waals surface area contributed by atoms with Gasteiger partial charge in [0.1, 0.15) is 5.69 Å². The van der Waals surface area contributed by atoms with Gasteiger partial charge in [-0.3, -0.25) is 9.78 Å². The Hall–Kier alpha value is -2.55. The first-order valence-corrected chi connectivity index (χ1v) is 6.07. The van der Waals surface area contributed by atoms with Crippen LogP contribution < -0.4 is 0 Å². The minimum atomic E-state index is -0.0551. The van der Waals surface area contributed by atoms with Crippen LogP contribution in [0.25, 0.3) is 10.8 Å². The molecule has 3 heteroatoms. The third-order valence-corrected chi connectivity index (χ3v) is 3.05. The van der Waals surface area contributed by atoms with Crippen molar-refractivity contribution >= 4 is 16.6 Å². The second-order valence-electron chi connectivity index (χ2n) is 4.40. The highest BCUT2D eigenvalue weighted by Gasteiger charge is 2.13. The fraction of sp³-hybridized carbons (Fsp3) is 0.0625. The van der Waals surface area contributed by atoms with E-state index in [4.69, 9.17) is 0 Å². The first-order valence-electron chi connectivity index (χ1n) is 6.07. The SMILES string of the molecule is Cc1cccc(C(=O)c2cccc3cnccc23)n1. The molecule has 0 saturated heterocycles. The van der Waals surface area contributed by atoms with Crippen molar-refractivity contribution in [3.05, 3.63) is 71.8 Å². The van der Waals surface area contributed by atoms with Crippen molar-refractivity contribution < 1.29 is 4.79 Å². The number of aryl methyl sites for hydroxylation is 1. The summed E-state index contributed by atoms with van der Waals surface area (Å²) in [5.74, 6) is -0.0551. The van der Waals surface area contributed by atoms with E-state index >= 15 is 0 Å². The Balaban J connectivity index is 2.17. The summed E-state index contributed by atoms with van der Waals surface area (Å²) in [6.45, 7) is 1.88. The third kappa shape index (κ3) is 2.10. The van der Waals surface area contributed by atoms with Crippen LogP contribution in [0.4, 0.5) is 0 Å². The molecule has 3 nitrogen and oxygen atoms in total. The van der Waals surface area contributed by atoms with Gasteiger partial charge >= 0.3 is 0 Å². The van der Waals surface area contributed by atoms with Gasteiger partial charge in [0.2, 0.25) is 5.78 Å². The van der Waals surface area contributed by atoms with Crippen molar-refractivity contribution in [2.75, 3.05) is 0 Å². The van der Waals surface area contributed by atoms with E-state index in [-0.39, 0.29) is 5.78 Å². The zero-order valence-corrected chi connectivity index (χ0v) is 10.5. The molecule has 0 N–H and O–H groups in total. The molecular formula is C16H12N2O. The number of carbonyl (C=O) groups excluding carboxylic acids is 1. The molecule has 0 spiro atoms. The molecule has 19 heavy (non-hydrogen) atoms. The van der Waals surface area contributed by atoms with Crippen LogP contribution in [-0.2, 0) is 0 Å². The third-order valence-electron chi connectivity index (χ3n) is 3.05. The summed E-state index contributed by atoms with van der Waals surface area (Å²) in [7, 11) is 0. The lowest BCUT2D eigenvalue weighted by molar-refractivity contribution is 0.103. The topological polar surface area (TPSA) is 42.9 Å². The molecule has 0 aliphatic heterocycles. The van der Waals surface area contributed by atoms with Crippen molar-refractivity contribution in [3.8, 4) is 0 Å². The molecular weight excluding hydrogens is 236 g/mol. The van der Waals surface area contributed by atoms with Crippen LogP contribution in [0.3, 0.4) is 0 Å². The smallest absolute Gasteiger partial charge is 0.211 e. The van der Waals surface area contributed by atoms with Crippen molar-refractivity contribution in [2.45, 2.75) is 6.92 Å². The number of carbonyl (C=O) groups is 1. The molecule has 1 aromatic carbocycles. The van der Waals surface area contributed by atoms with Gasteiger partial charge in [0.15, 0.2) is 0 Å². The summed E-state index contributed by atoms with van der Waals surface area (Å²) >= 11 is 0. The molecule has 3 rings (SSSR count). The minimum Gasteiger partial charge on any atom is -0.287 e. The zero-order chi connectivity index (χ0) is 13.2. The van der Waals surface area contributed by atoms with Crippen LogP contribution in [0.5, 0.6) is 0 Å². The second-order valence-corrected chi connectivity index (χ2v) is 4.40. The van der Waals surface area contributed by atoms with E-state index in [2.05, 4.69) is 9.97 Å². The molecule has 0 radical (unpaired) electrons. The Morgan fingerprint density at radius 3 is 2.74 bits per heavy atom. The van der Waals surface area contributed by atoms with Crippen molar-refractivity contribution in [2.24, 2.45) is 0 Å². The van der Waals surface area contributed by atoms with E-state index < -0.39 is 0 Å². The van der Waals surface area contributed by atoms with Gasteiger partial charge in [0.25, 0.3) is 0 Å². The molecule has 0 fully saturated rings. The van der Waals surface area contributed by atoms with Gasteiger partial charge in [0, 0.05) is 29.0 Å². The van der Waals surface area contributed by atoms with Gasteiger partial charge < -0.3 is 0 Å². The summed E-state index contributed by atoms with van der Waals surface area (Å²) < 4.78 is 0. The van der Waals surface area contributed by atoms with Gasteiger partial charge in [0.05, 0.1) is 0 Å². The van der Waals surface area contributed by atoms with E-state index in [1.54, 1.807) is 18.5 Å². The van der Waals surface area contributed by atoms with Crippen LogP contribution >= 0.6 is 0 Å². The van der Waals surface area contributed by atoms with Crippen molar-refractivity contribution in [3.63, 3.8) is 0 Å². The average molecular weight is 248 g/mol. The molecule has 3 aromatic rings. The van der Waals surface area contributed by atoms with E-state index in [9.17, 15) is 4.79 Å². The largest absolute Gasteiger partial charge is 0.287 e. The molecule has 0 amide bonds. The van der Waals surface area contributed by atoms with E-state index in [1.807, 2.05) is 43.3 Å². The first-order chi connectivity index (χ1) is 9.25. The van der Waals surface area contributed by atoms with Crippen LogP contribution in [0, 0.1) is 6.92 Å². The highest BCUT2D eigenvalue weighted by Crippen LogP contribution is 2.20. The van der Waals surface area contributed by atoms with Crippen LogP contribution in [0.2, 0.25) is 0 Å². The quantitative estimate of drug-likeness (QED) is 0.654. The van der Waals surface area contributed by atoms with Gasteiger partial charge in [-0.25, -0.2) is 4.98 Å². The van der Waals surface area contributed by atoms with Crippen LogP contribution in [0.15, 0.2) is 54.9 Å². The fourth-order valence-corrected chi connectivity index (χ4v) is 2.13. The Morgan fingerprint density at radius 1 is 1.05 bits per heavy atom. The lowest BCUT2D eigenvalue weighted by Crippen LogP contribution is -2.05. The lowest BCUT2D eigenvalue weighted by atomic mass is 10.0. The highest BCUT2D eigenvalue weighted by molar-refractivity contribution is 6.15. The highest BCUT2D eigenvalue weighted by atomic mass is 16.1. The first kappa shape index (κ1) is 11.5. The van der Waals surface area contributed by atoms with Crippen molar-refractivity contribution in [1.29, 1.82) is 0 Å². The normalized spacial score (nSPS) is 10.6. The molecule has 2 heterocycles. The lowest BCUT2D eigenvalue weighted by Gasteiger charge is -2.05. The van der Waals surface area contributed by atoms with Crippen molar-refractivity contribution in [1.82, 2.24) is 9.97 Å². The second kappa shape index (κ2) is 4.61. The predicted octanol–water partition coefficient (Wildman–Crippen LogP) is 3.17. The summed E-state index contributed by atoms with van der Waals surface area (Å²) in [6, 6.07) is 13.0. The standard InChI is InChI=1S/C16H12N2O/c1-11-4-2-7-15(18-11)16(19)14-6-3-5-12-10-17-9-8-13(12)14/h2-10H,1H3. The van der Waals surface area contributed by atoms with Gasteiger partial charge in [-0.05, 0) is 30.5 Å². The summed E-state index contributed by atoms with van der Waals surface area (Å²) in [4.78, 5) is 20.9. The van der Waals surface area contributed by atoms with E-state index in [0.717, 1.165) is 16.5 Å². The molecule has 92 valence electrons. The van der Waals surface area contributed by atoms with E-state index in [1.165, 1.54) is 0 Å². The molecule has 0 aliphatic carbocycles. The minimum absolute atomic E-state index is 0.0551. The zero-order valence-electron chi connectivity index (χ0n) is 10.5. The monoisotopic (exact) mass is 248 g/mol. The molecule has 0 unspecified atom stereocenters. The summed E-state index contributed by atoms with van der Waals surface area (Å²) in [6.07, 6.45) is 3.46. The van der Waals surface area contributed by atoms with Crippen LogP contribution in [-0.4, -0.2) is 15.8 Å². The Kier molecular flexibility index (Phi) is 2.80. The number of ketones is 1. The Labute approximate surface area is 111 Å². The number of aromatic nitrogens is 2. The molecule has 0 aliphatic rings. The molecule has 0 bridgehead atoms. The number of hydrogen-bond donors (Lipinski definition) is 0. The van der Waals surface area contributed by atoms with Gasteiger partial charge in [-0.15, -0.1) is 0 Å². The average Bonchev–Trinajstić information content (AvgIpc) is 2.46. The fourth-order valence-electron chi connectivity index (χ4n) is 2.13. The molecule has 0 saturated carbocycles. The number of nitrogens with zero attached hydrogens (tertiary/aromatic N) is 2. The number of hydrogen-bond acceptors (Lipinski definition) is 3. The van der Waals surface area contributed by atoms with Crippen LogP contribution in [0.1, 0.15) is 21.7 Å².